The molecule has 0 saturated heterocycles. The molecule has 1 aromatic carbocycles. The van der Waals surface area contributed by atoms with Gasteiger partial charge in [-0.2, -0.15) is 0 Å². The van der Waals surface area contributed by atoms with E-state index in [0.717, 1.165) is 0 Å². The van der Waals surface area contributed by atoms with Gasteiger partial charge >= 0.3 is 0 Å². The van der Waals surface area contributed by atoms with Crippen molar-refractivity contribution in [2.24, 2.45) is 5.73 Å². The molecular formula is C10H15N3O4S. The molecule has 6 N–H and O–H groups in total. The lowest BCUT2D eigenvalue weighted by molar-refractivity contribution is -0.125. The molecule has 1 unspecified atom stereocenters. The van der Waals surface area contributed by atoms with E-state index in [9.17, 15) is 13.2 Å². The number of nitrogens with one attached hydrogen (secondary N) is 1. The number of carbonyl (C=O) groups is 1. The molecule has 18 heavy (non-hydrogen) atoms. The molecule has 0 heterocycles. The summed E-state index contributed by atoms with van der Waals surface area (Å²) in [6.45, 7) is -0.454. The molecule has 0 aliphatic carbocycles. The van der Waals surface area contributed by atoms with Crippen molar-refractivity contribution in [2.45, 2.75) is 11.9 Å². The Morgan fingerprint density at radius 2 is 2.00 bits per heavy atom. The van der Waals surface area contributed by atoms with Crippen molar-refractivity contribution >= 4 is 21.6 Å². The maximum atomic E-state index is 11.6. The lowest BCUT2D eigenvalue weighted by Crippen LogP contribution is -2.40. The highest BCUT2D eigenvalue weighted by Crippen LogP contribution is 2.13. The van der Waals surface area contributed by atoms with Crippen LogP contribution in [0.5, 0.6) is 0 Å². The fraction of sp³-hybridized carbons (Fsp3) is 0.300. The first kappa shape index (κ1) is 14.4. The third kappa shape index (κ3) is 4.32. The fourth-order valence-corrected chi connectivity index (χ4v) is 2.41. The molecule has 0 fully saturated rings. The Labute approximate surface area is 105 Å². The standard InChI is InChI=1S/C10H15N3O4S/c11-8-4-2-1-3-7(8)6-18(16,17)13-5-9(14)10(12)15/h1-4,9,13-14H,5-6,11H2,(H2,12,15). The number of para-hydroxylation sites is 1. The van der Waals surface area contributed by atoms with Crippen LogP contribution < -0.4 is 16.2 Å². The average Bonchev–Trinajstić information content (AvgIpc) is 2.29. The number of amides is 1. The number of benzene rings is 1. The van der Waals surface area contributed by atoms with Crippen LogP contribution in [0.3, 0.4) is 0 Å². The zero-order valence-corrected chi connectivity index (χ0v) is 10.4. The summed E-state index contributed by atoms with van der Waals surface area (Å²) in [6, 6.07) is 6.53. The van der Waals surface area contributed by atoms with Gasteiger partial charge in [-0.3, -0.25) is 4.79 Å². The molecule has 0 aliphatic heterocycles. The van der Waals surface area contributed by atoms with Gasteiger partial charge in [0.15, 0.2) is 0 Å². The van der Waals surface area contributed by atoms with E-state index in [2.05, 4.69) is 4.72 Å². The van der Waals surface area contributed by atoms with Crippen LogP contribution in [0.4, 0.5) is 5.69 Å². The van der Waals surface area contributed by atoms with Crippen LogP contribution in [0.15, 0.2) is 24.3 Å². The van der Waals surface area contributed by atoms with Crippen molar-refractivity contribution < 1.29 is 18.3 Å². The summed E-state index contributed by atoms with van der Waals surface area (Å²) in [6.07, 6.45) is -1.55. The van der Waals surface area contributed by atoms with Gasteiger partial charge in [-0.1, -0.05) is 18.2 Å². The van der Waals surface area contributed by atoms with Crippen LogP contribution in [0.2, 0.25) is 0 Å². The SMILES string of the molecule is NC(=O)C(O)CNS(=O)(=O)Cc1ccccc1N. The average molecular weight is 273 g/mol. The van der Waals surface area contributed by atoms with Gasteiger partial charge < -0.3 is 16.6 Å². The van der Waals surface area contributed by atoms with Crippen LogP contribution in [0.25, 0.3) is 0 Å². The van der Waals surface area contributed by atoms with E-state index in [4.69, 9.17) is 16.6 Å². The van der Waals surface area contributed by atoms with E-state index in [1.165, 1.54) is 0 Å². The van der Waals surface area contributed by atoms with Crippen LogP contribution >= 0.6 is 0 Å². The van der Waals surface area contributed by atoms with E-state index >= 15 is 0 Å². The summed E-state index contributed by atoms with van der Waals surface area (Å²) in [7, 11) is -3.68. The minimum Gasteiger partial charge on any atom is -0.398 e. The van der Waals surface area contributed by atoms with Crippen molar-refractivity contribution in [3.63, 3.8) is 0 Å². The lowest BCUT2D eigenvalue weighted by Gasteiger charge is -2.10. The number of aliphatic hydroxyl groups excluding tert-OH is 1. The third-order valence-electron chi connectivity index (χ3n) is 2.23. The highest BCUT2D eigenvalue weighted by atomic mass is 32.2. The monoisotopic (exact) mass is 273 g/mol. The summed E-state index contributed by atoms with van der Waals surface area (Å²) >= 11 is 0. The number of hydrogen-bond donors (Lipinski definition) is 4. The highest BCUT2D eigenvalue weighted by Gasteiger charge is 2.17. The summed E-state index contributed by atoms with van der Waals surface area (Å²) in [5.74, 6) is -1.32. The van der Waals surface area contributed by atoms with Crippen molar-refractivity contribution in [2.75, 3.05) is 12.3 Å². The van der Waals surface area contributed by atoms with Crippen molar-refractivity contribution in [1.82, 2.24) is 4.72 Å². The number of primary amides is 1. The zero-order valence-electron chi connectivity index (χ0n) is 9.54. The second-order valence-electron chi connectivity index (χ2n) is 3.72. The minimum absolute atomic E-state index is 0.328. The summed E-state index contributed by atoms with van der Waals surface area (Å²) in [5.41, 5.74) is 11.2. The van der Waals surface area contributed by atoms with Gasteiger partial charge in [-0.05, 0) is 11.6 Å². The number of nitrogen functional groups attached to an aromatic ring is 1. The van der Waals surface area contributed by atoms with Gasteiger partial charge in [0.2, 0.25) is 15.9 Å². The van der Waals surface area contributed by atoms with Gasteiger partial charge in [0, 0.05) is 12.2 Å². The minimum atomic E-state index is -3.68. The summed E-state index contributed by atoms with van der Waals surface area (Å²) in [4.78, 5) is 10.5. The Bertz CT molecular complexity index is 530. The number of rotatable bonds is 6. The molecule has 8 heteroatoms. The number of aliphatic hydroxyl groups is 1. The van der Waals surface area contributed by atoms with E-state index in [1.54, 1.807) is 24.3 Å². The van der Waals surface area contributed by atoms with E-state index in [1.807, 2.05) is 0 Å². The Kier molecular flexibility index (Phi) is 4.65. The van der Waals surface area contributed by atoms with Crippen molar-refractivity contribution in [3.05, 3.63) is 29.8 Å². The molecule has 0 spiro atoms. The van der Waals surface area contributed by atoms with Crippen LogP contribution in [-0.2, 0) is 20.6 Å². The summed E-state index contributed by atoms with van der Waals surface area (Å²) < 4.78 is 25.4. The predicted molar refractivity (Wildman–Crippen MR) is 66.7 cm³/mol. The van der Waals surface area contributed by atoms with Gasteiger partial charge in [0.05, 0.1) is 5.75 Å². The second-order valence-corrected chi connectivity index (χ2v) is 5.53. The predicted octanol–water partition coefficient (Wildman–Crippen LogP) is -1.47. The van der Waals surface area contributed by atoms with Gasteiger partial charge in [-0.25, -0.2) is 13.1 Å². The van der Waals surface area contributed by atoms with E-state index in [-0.39, 0.29) is 5.75 Å². The van der Waals surface area contributed by atoms with Crippen LogP contribution in [0, 0.1) is 0 Å². The Morgan fingerprint density at radius 1 is 1.39 bits per heavy atom. The largest absolute Gasteiger partial charge is 0.398 e. The molecule has 7 nitrogen and oxygen atoms in total. The fourth-order valence-electron chi connectivity index (χ4n) is 1.23. The van der Waals surface area contributed by atoms with Gasteiger partial charge in [0.25, 0.3) is 0 Å². The van der Waals surface area contributed by atoms with Gasteiger partial charge in [0.1, 0.15) is 6.10 Å². The Hall–Kier alpha value is -1.64. The number of sulfonamides is 1. The molecule has 0 bridgehead atoms. The normalized spacial score (nSPS) is 13.2. The number of anilines is 1. The second kappa shape index (κ2) is 5.80. The molecule has 1 amide bonds. The first-order chi connectivity index (χ1) is 8.32. The molecule has 0 radical (unpaired) electrons. The number of nitrogens with two attached hydrogens (primary N) is 2. The first-order valence-electron chi connectivity index (χ1n) is 5.10. The smallest absolute Gasteiger partial charge is 0.247 e. The quantitative estimate of drug-likeness (QED) is 0.469. The number of hydrogen-bond acceptors (Lipinski definition) is 5. The molecule has 0 aliphatic rings. The highest BCUT2D eigenvalue weighted by molar-refractivity contribution is 7.88. The van der Waals surface area contributed by atoms with Crippen LogP contribution in [0.1, 0.15) is 5.56 Å². The topological polar surface area (TPSA) is 136 Å². The molecule has 1 aromatic rings. The zero-order chi connectivity index (χ0) is 13.8. The third-order valence-corrected chi connectivity index (χ3v) is 3.52. The van der Waals surface area contributed by atoms with Crippen molar-refractivity contribution in [1.29, 1.82) is 0 Å². The summed E-state index contributed by atoms with van der Waals surface area (Å²) in [5, 5.41) is 9.08. The van der Waals surface area contributed by atoms with Gasteiger partial charge in [-0.15, -0.1) is 0 Å². The van der Waals surface area contributed by atoms with Crippen molar-refractivity contribution in [3.8, 4) is 0 Å². The van der Waals surface area contributed by atoms with E-state index < -0.39 is 28.6 Å². The Balaban J connectivity index is 2.66. The maximum absolute atomic E-state index is 11.6. The molecule has 0 aromatic heterocycles. The molecule has 1 rings (SSSR count). The first-order valence-corrected chi connectivity index (χ1v) is 6.75. The van der Waals surface area contributed by atoms with Crippen LogP contribution in [-0.4, -0.2) is 32.1 Å². The number of carbonyl (C=O) groups excluding carboxylic acids is 1. The molecule has 100 valence electrons. The Morgan fingerprint density at radius 3 is 2.56 bits per heavy atom. The molecular weight excluding hydrogens is 258 g/mol. The maximum Gasteiger partial charge on any atom is 0.247 e. The lowest BCUT2D eigenvalue weighted by atomic mass is 10.2. The van der Waals surface area contributed by atoms with E-state index in [0.29, 0.717) is 11.3 Å². The molecule has 1 atom stereocenters. The molecule has 0 saturated carbocycles.